The maximum absolute atomic E-state index is 10.0. The van der Waals surface area contributed by atoms with Gasteiger partial charge in [-0.2, -0.15) is 10.5 Å². The van der Waals surface area contributed by atoms with E-state index in [1.54, 1.807) is 36.4 Å². The number of phenols is 2. The van der Waals surface area contributed by atoms with Gasteiger partial charge in [-0.15, -0.1) is 0 Å². The van der Waals surface area contributed by atoms with Crippen LogP contribution in [0.25, 0.3) is 11.1 Å². The third-order valence-electron chi connectivity index (χ3n) is 2.57. The molecule has 0 aliphatic heterocycles. The Morgan fingerprint density at radius 1 is 0.944 bits per heavy atom. The number of hydrogen-bond acceptors (Lipinski definition) is 4. The molecule has 0 spiro atoms. The molecule has 0 unspecified atom stereocenters. The lowest BCUT2D eigenvalue weighted by Gasteiger charge is -2.09. The molecule has 0 atom stereocenters. The van der Waals surface area contributed by atoms with Crippen LogP contribution < -0.4 is 0 Å². The highest BCUT2D eigenvalue weighted by atomic mass is 16.3. The van der Waals surface area contributed by atoms with Crippen molar-refractivity contribution in [2.24, 2.45) is 0 Å². The first kappa shape index (κ1) is 11.5. The summed E-state index contributed by atoms with van der Waals surface area (Å²) in [5.41, 5.74) is 0.763. The molecule has 0 heterocycles. The number of hydrogen-bond donors (Lipinski definition) is 2. The number of rotatable bonds is 1. The van der Waals surface area contributed by atoms with Crippen molar-refractivity contribution < 1.29 is 10.2 Å². The van der Waals surface area contributed by atoms with Crippen LogP contribution in [0.15, 0.2) is 36.4 Å². The molecule has 0 fully saturated rings. The summed E-state index contributed by atoms with van der Waals surface area (Å²) in [6, 6.07) is 13.5. The zero-order valence-electron chi connectivity index (χ0n) is 9.25. The van der Waals surface area contributed by atoms with Crippen LogP contribution in [0.3, 0.4) is 0 Å². The Balaban J connectivity index is 2.83. The second-order valence-electron chi connectivity index (χ2n) is 3.63. The molecule has 4 heteroatoms. The van der Waals surface area contributed by atoms with Crippen LogP contribution in [0.1, 0.15) is 11.1 Å². The highest BCUT2D eigenvalue weighted by Gasteiger charge is 2.18. The zero-order chi connectivity index (χ0) is 13.1. The molecule has 0 saturated carbocycles. The van der Waals surface area contributed by atoms with Crippen LogP contribution in [0.2, 0.25) is 0 Å². The minimum absolute atomic E-state index is 0.121. The van der Waals surface area contributed by atoms with Crippen molar-refractivity contribution in [2.75, 3.05) is 0 Å². The van der Waals surface area contributed by atoms with Gasteiger partial charge >= 0.3 is 0 Å². The summed E-state index contributed by atoms with van der Waals surface area (Å²) in [6.45, 7) is 0. The molecule has 0 aliphatic rings. The van der Waals surface area contributed by atoms with E-state index in [9.17, 15) is 10.2 Å². The SMILES string of the molecule is N#Cc1cc(O)c(C#N)c(O)c1-c1ccccc1. The molecule has 2 rings (SSSR count). The van der Waals surface area contributed by atoms with Gasteiger partial charge in [-0.05, 0) is 11.6 Å². The molecule has 0 aromatic heterocycles. The highest BCUT2D eigenvalue weighted by Crippen LogP contribution is 2.39. The van der Waals surface area contributed by atoms with E-state index in [-0.39, 0.29) is 22.4 Å². The molecule has 0 bridgehead atoms. The number of aromatic hydroxyl groups is 2. The summed E-state index contributed by atoms with van der Waals surface area (Å²) in [5, 5.41) is 37.5. The summed E-state index contributed by atoms with van der Waals surface area (Å²) in [4.78, 5) is 0. The average Bonchev–Trinajstić information content (AvgIpc) is 2.39. The molecule has 0 saturated heterocycles. The van der Waals surface area contributed by atoms with Crippen LogP contribution in [-0.4, -0.2) is 10.2 Å². The van der Waals surface area contributed by atoms with Crippen LogP contribution in [0, 0.1) is 22.7 Å². The lowest BCUT2D eigenvalue weighted by atomic mass is 9.96. The van der Waals surface area contributed by atoms with Crippen molar-refractivity contribution >= 4 is 0 Å². The second kappa shape index (κ2) is 4.48. The molecular weight excluding hydrogens is 228 g/mol. The van der Waals surface area contributed by atoms with E-state index < -0.39 is 5.75 Å². The van der Waals surface area contributed by atoms with Gasteiger partial charge in [-0.1, -0.05) is 30.3 Å². The van der Waals surface area contributed by atoms with Crippen molar-refractivity contribution in [1.82, 2.24) is 0 Å². The average molecular weight is 236 g/mol. The topological polar surface area (TPSA) is 88.0 Å². The maximum atomic E-state index is 10.0. The van der Waals surface area contributed by atoms with Gasteiger partial charge in [-0.3, -0.25) is 0 Å². The first-order chi connectivity index (χ1) is 8.69. The van der Waals surface area contributed by atoms with Crippen molar-refractivity contribution in [1.29, 1.82) is 10.5 Å². The van der Waals surface area contributed by atoms with Crippen molar-refractivity contribution in [3.63, 3.8) is 0 Å². The summed E-state index contributed by atoms with van der Waals surface area (Å²) < 4.78 is 0. The van der Waals surface area contributed by atoms with E-state index in [2.05, 4.69) is 0 Å². The molecule has 86 valence electrons. The Kier molecular flexibility index (Phi) is 2.87. The van der Waals surface area contributed by atoms with Gasteiger partial charge in [0.25, 0.3) is 0 Å². The number of nitriles is 2. The van der Waals surface area contributed by atoms with Crippen LogP contribution in [0.4, 0.5) is 0 Å². The third-order valence-corrected chi connectivity index (χ3v) is 2.57. The van der Waals surface area contributed by atoms with Gasteiger partial charge in [0.1, 0.15) is 29.2 Å². The Labute approximate surface area is 104 Å². The van der Waals surface area contributed by atoms with Gasteiger partial charge in [-0.25, -0.2) is 0 Å². The molecule has 2 N–H and O–H groups in total. The molecule has 2 aromatic carbocycles. The normalized spacial score (nSPS) is 9.44. The van der Waals surface area contributed by atoms with E-state index in [4.69, 9.17) is 10.5 Å². The largest absolute Gasteiger partial charge is 0.506 e. The molecule has 18 heavy (non-hydrogen) atoms. The minimum atomic E-state index is -0.397. The number of benzene rings is 2. The van der Waals surface area contributed by atoms with Gasteiger partial charge in [0.15, 0.2) is 0 Å². The fraction of sp³-hybridized carbons (Fsp3) is 0. The van der Waals surface area contributed by atoms with Gasteiger partial charge < -0.3 is 10.2 Å². The molecule has 4 nitrogen and oxygen atoms in total. The lowest BCUT2D eigenvalue weighted by molar-refractivity contribution is 0.448. The van der Waals surface area contributed by atoms with E-state index in [0.29, 0.717) is 5.56 Å². The summed E-state index contributed by atoms with van der Waals surface area (Å²) >= 11 is 0. The summed E-state index contributed by atoms with van der Waals surface area (Å²) in [5.74, 6) is -0.772. The maximum Gasteiger partial charge on any atom is 0.146 e. The van der Waals surface area contributed by atoms with E-state index in [0.717, 1.165) is 0 Å². The Bertz CT molecular complexity index is 680. The van der Waals surface area contributed by atoms with Crippen LogP contribution >= 0.6 is 0 Å². The van der Waals surface area contributed by atoms with Crippen LogP contribution in [-0.2, 0) is 0 Å². The molecule has 0 radical (unpaired) electrons. The Morgan fingerprint density at radius 2 is 1.61 bits per heavy atom. The molecular formula is C14H8N2O2. The lowest BCUT2D eigenvalue weighted by Crippen LogP contribution is -1.90. The summed E-state index contributed by atoms with van der Waals surface area (Å²) in [6.07, 6.45) is 0. The second-order valence-corrected chi connectivity index (χ2v) is 3.63. The fourth-order valence-electron chi connectivity index (χ4n) is 1.75. The van der Waals surface area contributed by atoms with E-state index in [1.165, 1.54) is 6.07 Å². The third kappa shape index (κ3) is 1.73. The van der Waals surface area contributed by atoms with E-state index in [1.807, 2.05) is 6.07 Å². The predicted octanol–water partition coefficient (Wildman–Crippen LogP) is 2.51. The Morgan fingerprint density at radius 3 is 2.17 bits per heavy atom. The van der Waals surface area contributed by atoms with E-state index >= 15 is 0 Å². The zero-order valence-corrected chi connectivity index (χ0v) is 9.25. The number of nitrogens with zero attached hydrogens (tertiary/aromatic N) is 2. The van der Waals surface area contributed by atoms with Crippen molar-refractivity contribution in [3.8, 4) is 34.8 Å². The van der Waals surface area contributed by atoms with Gasteiger partial charge in [0, 0.05) is 5.56 Å². The van der Waals surface area contributed by atoms with Crippen molar-refractivity contribution in [2.45, 2.75) is 0 Å². The quantitative estimate of drug-likeness (QED) is 0.796. The van der Waals surface area contributed by atoms with Gasteiger partial charge in [0.05, 0.1) is 5.56 Å². The smallest absolute Gasteiger partial charge is 0.146 e. The van der Waals surface area contributed by atoms with Crippen molar-refractivity contribution in [3.05, 3.63) is 47.5 Å². The minimum Gasteiger partial charge on any atom is -0.506 e. The standard InChI is InChI=1S/C14H8N2O2/c15-7-10-6-12(17)11(8-16)14(18)13(10)9-4-2-1-3-5-9/h1-6,17-18H. The molecule has 0 aliphatic carbocycles. The van der Waals surface area contributed by atoms with Gasteiger partial charge in [0.2, 0.25) is 0 Å². The fourth-order valence-corrected chi connectivity index (χ4v) is 1.75. The monoisotopic (exact) mass is 236 g/mol. The predicted molar refractivity (Wildman–Crippen MR) is 64.6 cm³/mol. The summed E-state index contributed by atoms with van der Waals surface area (Å²) in [7, 11) is 0. The highest BCUT2D eigenvalue weighted by molar-refractivity contribution is 5.81. The number of phenolic OH excluding ortho intramolecular Hbond substituents is 2. The first-order valence-electron chi connectivity index (χ1n) is 5.13. The van der Waals surface area contributed by atoms with Crippen LogP contribution in [0.5, 0.6) is 11.5 Å². The molecule has 2 aromatic rings. The molecule has 0 amide bonds. The first-order valence-corrected chi connectivity index (χ1v) is 5.13. The Hall–Kier alpha value is -2.98.